The molecule has 20 heavy (non-hydrogen) atoms. The minimum Gasteiger partial charge on any atom is -0.331 e. The van der Waals surface area contributed by atoms with Crippen LogP contribution in [-0.4, -0.2) is 27.1 Å². The molecule has 0 aliphatic carbocycles. The molecular formula is C15H19N3OS. The van der Waals surface area contributed by atoms with Crippen molar-refractivity contribution in [2.45, 2.75) is 32.7 Å². The van der Waals surface area contributed by atoms with Gasteiger partial charge in [0.1, 0.15) is 0 Å². The van der Waals surface area contributed by atoms with Crippen LogP contribution in [0.2, 0.25) is 0 Å². The summed E-state index contributed by atoms with van der Waals surface area (Å²) in [4.78, 5) is 14.6. The zero-order valence-electron chi connectivity index (χ0n) is 12.1. The lowest BCUT2D eigenvalue weighted by Crippen LogP contribution is -2.30. The van der Waals surface area contributed by atoms with Gasteiger partial charge in [-0.1, -0.05) is 0 Å². The molecule has 0 spiro atoms. The van der Waals surface area contributed by atoms with Crippen molar-refractivity contribution >= 4 is 17.2 Å². The summed E-state index contributed by atoms with van der Waals surface area (Å²) in [6.45, 7) is 4.96. The molecule has 2 aromatic rings. The number of aromatic nitrogens is 2. The number of aryl methyl sites for hydroxylation is 2. The zero-order chi connectivity index (χ0) is 14.3. The van der Waals surface area contributed by atoms with E-state index in [-0.39, 0.29) is 11.9 Å². The molecule has 1 atom stereocenters. The fraction of sp³-hybridized carbons (Fsp3) is 0.467. The topological polar surface area (TPSA) is 38.1 Å². The number of nitrogens with zero attached hydrogens (tertiary/aromatic N) is 3. The van der Waals surface area contributed by atoms with Gasteiger partial charge in [-0.05, 0) is 38.1 Å². The van der Waals surface area contributed by atoms with Crippen molar-refractivity contribution in [3.63, 3.8) is 0 Å². The molecule has 5 heteroatoms. The number of hydrogen-bond acceptors (Lipinski definition) is 3. The fourth-order valence-corrected chi connectivity index (χ4v) is 3.76. The summed E-state index contributed by atoms with van der Waals surface area (Å²) in [5.41, 5.74) is 4.24. The predicted octanol–water partition coefficient (Wildman–Crippen LogP) is 3.08. The van der Waals surface area contributed by atoms with Crippen LogP contribution in [0.1, 0.15) is 46.2 Å². The number of carbonyl (C=O) groups excluding carboxylic acids is 1. The van der Waals surface area contributed by atoms with Crippen molar-refractivity contribution in [3.8, 4) is 0 Å². The second-order valence-electron chi connectivity index (χ2n) is 5.38. The van der Waals surface area contributed by atoms with E-state index in [1.165, 1.54) is 5.56 Å². The molecule has 106 valence electrons. The molecule has 0 radical (unpaired) electrons. The van der Waals surface area contributed by atoms with Gasteiger partial charge in [-0.25, -0.2) is 0 Å². The highest BCUT2D eigenvalue weighted by Gasteiger charge is 2.33. The lowest BCUT2D eigenvalue weighted by atomic mass is 10.0. The first-order valence-corrected chi connectivity index (χ1v) is 7.87. The summed E-state index contributed by atoms with van der Waals surface area (Å²) in [5.74, 6) is 0.149. The number of thiophene rings is 1. The average molecular weight is 289 g/mol. The van der Waals surface area contributed by atoms with E-state index in [0.717, 1.165) is 36.3 Å². The molecule has 1 saturated heterocycles. The third kappa shape index (κ3) is 2.06. The summed E-state index contributed by atoms with van der Waals surface area (Å²) in [7, 11) is 1.96. The van der Waals surface area contributed by atoms with E-state index < -0.39 is 0 Å². The first-order valence-electron chi connectivity index (χ1n) is 6.93. The van der Waals surface area contributed by atoms with Crippen LogP contribution in [0.15, 0.2) is 16.8 Å². The lowest BCUT2D eigenvalue weighted by Gasteiger charge is -2.25. The first-order chi connectivity index (χ1) is 9.59. The van der Waals surface area contributed by atoms with Gasteiger partial charge < -0.3 is 4.90 Å². The van der Waals surface area contributed by atoms with E-state index in [1.54, 1.807) is 11.3 Å². The quantitative estimate of drug-likeness (QED) is 0.852. The zero-order valence-corrected chi connectivity index (χ0v) is 12.9. The standard InChI is InChI=1S/C15H19N3OS/c1-10-14(11(2)17(3)16-10)13-5-4-7-18(13)15(19)12-6-8-20-9-12/h6,8-9,13H,4-5,7H2,1-3H3. The number of amides is 1. The third-order valence-corrected chi connectivity index (χ3v) is 4.86. The number of likely N-dealkylation sites (tertiary alicyclic amines) is 1. The highest BCUT2D eigenvalue weighted by atomic mass is 32.1. The highest BCUT2D eigenvalue weighted by molar-refractivity contribution is 7.08. The smallest absolute Gasteiger partial charge is 0.255 e. The first kappa shape index (κ1) is 13.4. The van der Waals surface area contributed by atoms with Gasteiger partial charge in [0, 0.05) is 30.2 Å². The molecule has 1 unspecified atom stereocenters. The van der Waals surface area contributed by atoms with Crippen LogP contribution in [0, 0.1) is 13.8 Å². The van der Waals surface area contributed by atoms with Gasteiger partial charge >= 0.3 is 0 Å². The van der Waals surface area contributed by atoms with Gasteiger partial charge in [-0.2, -0.15) is 16.4 Å². The Morgan fingerprint density at radius 2 is 2.25 bits per heavy atom. The Morgan fingerprint density at radius 1 is 1.45 bits per heavy atom. The third-order valence-electron chi connectivity index (χ3n) is 4.18. The maximum absolute atomic E-state index is 12.6. The fourth-order valence-electron chi connectivity index (χ4n) is 3.13. The monoisotopic (exact) mass is 289 g/mol. The molecule has 0 N–H and O–H groups in total. The number of rotatable bonds is 2. The van der Waals surface area contributed by atoms with Crippen molar-refractivity contribution in [3.05, 3.63) is 39.3 Å². The maximum Gasteiger partial charge on any atom is 0.255 e. The van der Waals surface area contributed by atoms with Crippen LogP contribution in [0.3, 0.4) is 0 Å². The van der Waals surface area contributed by atoms with Crippen molar-refractivity contribution < 1.29 is 4.79 Å². The maximum atomic E-state index is 12.6. The lowest BCUT2D eigenvalue weighted by molar-refractivity contribution is 0.0735. The van der Waals surface area contributed by atoms with Crippen LogP contribution in [-0.2, 0) is 7.05 Å². The van der Waals surface area contributed by atoms with Crippen molar-refractivity contribution in [1.29, 1.82) is 0 Å². The normalized spacial score (nSPS) is 18.8. The van der Waals surface area contributed by atoms with Crippen LogP contribution < -0.4 is 0 Å². The van der Waals surface area contributed by atoms with Gasteiger partial charge in [-0.3, -0.25) is 9.48 Å². The summed E-state index contributed by atoms with van der Waals surface area (Å²) >= 11 is 1.57. The second kappa shape index (κ2) is 5.05. The summed E-state index contributed by atoms with van der Waals surface area (Å²) in [6.07, 6.45) is 2.09. The summed E-state index contributed by atoms with van der Waals surface area (Å²) in [6, 6.07) is 2.09. The van der Waals surface area contributed by atoms with Crippen molar-refractivity contribution in [1.82, 2.24) is 14.7 Å². The molecule has 4 nitrogen and oxygen atoms in total. The summed E-state index contributed by atoms with van der Waals surface area (Å²) < 4.78 is 1.91. The molecule has 0 bridgehead atoms. The SMILES string of the molecule is Cc1nn(C)c(C)c1C1CCCN1C(=O)c1ccsc1. The van der Waals surface area contributed by atoms with E-state index in [0.29, 0.717) is 0 Å². The Balaban J connectivity index is 1.95. The van der Waals surface area contributed by atoms with E-state index in [2.05, 4.69) is 12.0 Å². The van der Waals surface area contributed by atoms with Crippen LogP contribution in [0.5, 0.6) is 0 Å². The van der Waals surface area contributed by atoms with Gasteiger partial charge in [0.2, 0.25) is 0 Å². The Hall–Kier alpha value is -1.62. The van der Waals surface area contributed by atoms with E-state index in [4.69, 9.17) is 0 Å². The molecule has 2 aromatic heterocycles. The molecular weight excluding hydrogens is 270 g/mol. The largest absolute Gasteiger partial charge is 0.331 e. The van der Waals surface area contributed by atoms with Gasteiger partial charge in [0.25, 0.3) is 5.91 Å². The molecule has 0 saturated carbocycles. The minimum absolute atomic E-state index is 0.149. The van der Waals surface area contributed by atoms with Crippen LogP contribution in [0.4, 0.5) is 0 Å². The predicted molar refractivity (Wildman–Crippen MR) is 80.0 cm³/mol. The molecule has 1 aliphatic heterocycles. The highest BCUT2D eigenvalue weighted by Crippen LogP contribution is 2.36. The van der Waals surface area contributed by atoms with E-state index in [1.807, 2.05) is 40.4 Å². The van der Waals surface area contributed by atoms with Gasteiger partial charge in [0.05, 0.1) is 17.3 Å². The van der Waals surface area contributed by atoms with Gasteiger partial charge in [0.15, 0.2) is 0 Å². The van der Waals surface area contributed by atoms with Crippen LogP contribution >= 0.6 is 11.3 Å². The van der Waals surface area contributed by atoms with Gasteiger partial charge in [-0.15, -0.1) is 0 Å². The minimum atomic E-state index is 0.149. The molecule has 1 aliphatic rings. The van der Waals surface area contributed by atoms with E-state index in [9.17, 15) is 4.79 Å². The summed E-state index contributed by atoms with van der Waals surface area (Å²) in [5, 5.41) is 8.38. The van der Waals surface area contributed by atoms with Crippen molar-refractivity contribution in [2.75, 3.05) is 6.54 Å². The molecule has 1 fully saturated rings. The number of hydrogen-bond donors (Lipinski definition) is 0. The average Bonchev–Trinajstić information content (AvgIpc) is 3.12. The molecule has 3 heterocycles. The molecule has 1 amide bonds. The Labute approximate surface area is 123 Å². The Bertz CT molecular complexity index is 630. The Kier molecular flexibility index (Phi) is 3.38. The van der Waals surface area contributed by atoms with Crippen LogP contribution in [0.25, 0.3) is 0 Å². The number of carbonyl (C=O) groups is 1. The van der Waals surface area contributed by atoms with E-state index >= 15 is 0 Å². The molecule has 3 rings (SSSR count). The second-order valence-corrected chi connectivity index (χ2v) is 6.16. The van der Waals surface area contributed by atoms with Crippen molar-refractivity contribution in [2.24, 2.45) is 7.05 Å². The molecule has 0 aromatic carbocycles. The Morgan fingerprint density at radius 3 is 2.85 bits per heavy atom.